The van der Waals surface area contributed by atoms with Gasteiger partial charge in [-0.1, -0.05) is 13.8 Å². The lowest BCUT2D eigenvalue weighted by molar-refractivity contribution is 0.0870. The van der Waals surface area contributed by atoms with Crippen LogP contribution in [0, 0.1) is 5.92 Å². The Morgan fingerprint density at radius 2 is 2.00 bits per heavy atom. The smallest absolute Gasteiger partial charge is 0.0546 e. The van der Waals surface area contributed by atoms with E-state index in [0.717, 1.165) is 57.7 Å². The molecule has 0 unspecified atom stereocenters. The first-order valence-electron chi connectivity index (χ1n) is 8.90. The Hall–Kier alpha value is -0.870. The predicted octanol–water partition coefficient (Wildman–Crippen LogP) is 2.98. The fraction of sp³-hybridized carbons (Fsp3) is 0.833. The van der Waals surface area contributed by atoms with Gasteiger partial charge in [0.2, 0.25) is 0 Å². The summed E-state index contributed by atoms with van der Waals surface area (Å²) in [5.74, 6) is 0.432. The molecule has 2 aliphatic rings. The molecule has 2 saturated heterocycles. The molecule has 0 saturated carbocycles. The lowest BCUT2D eigenvalue weighted by atomic mass is 9.92. The molecule has 22 heavy (non-hydrogen) atoms. The van der Waals surface area contributed by atoms with Crippen LogP contribution >= 0.6 is 0 Å². The molecule has 2 N–H and O–H groups in total. The zero-order valence-corrected chi connectivity index (χ0v) is 14.8. The minimum Gasteiger partial charge on any atom is -0.402 e. The number of nitrogens with zero attached hydrogens (tertiary/aromatic N) is 2. The van der Waals surface area contributed by atoms with Crippen LogP contribution in [0.5, 0.6) is 0 Å². The van der Waals surface area contributed by atoms with Crippen molar-refractivity contribution < 1.29 is 4.74 Å². The second kappa shape index (κ2) is 8.11. The van der Waals surface area contributed by atoms with Crippen molar-refractivity contribution in [2.75, 3.05) is 26.3 Å². The summed E-state index contributed by atoms with van der Waals surface area (Å²) >= 11 is 0. The maximum Gasteiger partial charge on any atom is 0.0546 e. The molecule has 1 atom stereocenters. The number of rotatable bonds is 4. The van der Waals surface area contributed by atoms with Crippen LogP contribution in [0.15, 0.2) is 16.3 Å². The fourth-order valence-electron chi connectivity index (χ4n) is 3.17. The minimum absolute atomic E-state index is 0.425. The van der Waals surface area contributed by atoms with Crippen LogP contribution in [-0.2, 0) is 4.74 Å². The van der Waals surface area contributed by atoms with Gasteiger partial charge in [0.15, 0.2) is 0 Å². The van der Waals surface area contributed by atoms with Gasteiger partial charge in [-0.3, -0.25) is 9.89 Å². The Morgan fingerprint density at radius 3 is 2.59 bits per heavy atom. The molecule has 2 fully saturated rings. The van der Waals surface area contributed by atoms with Crippen molar-refractivity contribution in [1.29, 1.82) is 0 Å². The first kappa shape index (κ1) is 17.5. The molecule has 0 spiro atoms. The Morgan fingerprint density at radius 1 is 1.32 bits per heavy atom. The molecule has 0 aromatic heterocycles. The minimum atomic E-state index is 0.425. The van der Waals surface area contributed by atoms with Gasteiger partial charge in [0.1, 0.15) is 0 Å². The molecule has 0 aliphatic carbocycles. The molecule has 0 bridgehead atoms. The molecule has 0 amide bonds. The molecule has 4 heteroatoms. The summed E-state index contributed by atoms with van der Waals surface area (Å²) in [5, 5.41) is 0. The summed E-state index contributed by atoms with van der Waals surface area (Å²) in [6, 6.07) is 0.985. The molecule has 126 valence electrons. The molecule has 2 heterocycles. The van der Waals surface area contributed by atoms with E-state index in [1.165, 1.54) is 11.3 Å². The van der Waals surface area contributed by atoms with Gasteiger partial charge in [0, 0.05) is 55.7 Å². The highest BCUT2D eigenvalue weighted by atomic mass is 16.5. The van der Waals surface area contributed by atoms with Crippen molar-refractivity contribution in [3.8, 4) is 0 Å². The number of nitrogens with two attached hydrogens (primary N) is 1. The first-order valence-corrected chi connectivity index (χ1v) is 8.90. The third kappa shape index (κ3) is 4.32. The fourth-order valence-corrected chi connectivity index (χ4v) is 3.17. The summed E-state index contributed by atoms with van der Waals surface area (Å²) in [4.78, 5) is 7.59. The highest BCUT2D eigenvalue weighted by molar-refractivity contribution is 6.02. The van der Waals surface area contributed by atoms with Crippen LogP contribution in [-0.4, -0.2) is 49.0 Å². The number of piperidine rings is 1. The highest BCUT2D eigenvalue weighted by Crippen LogP contribution is 2.24. The zero-order chi connectivity index (χ0) is 16.1. The summed E-state index contributed by atoms with van der Waals surface area (Å²) in [7, 11) is 0. The van der Waals surface area contributed by atoms with Crippen LogP contribution in [0.3, 0.4) is 0 Å². The Balaban J connectivity index is 2.24. The number of hydrogen-bond acceptors (Lipinski definition) is 4. The van der Waals surface area contributed by atoms with Gasteiger partial charge >= 0.3 is 0 Å². The Labute approximate surface area is 135 Å². The topological polar surface area (TPSA) is 50.8 Å². The summed E-state index contributed by atoms with van der Waals surface area (Å²) in [5.41, 5.74) is 10.1. The third-order valence-electron chi connectivity index (χ3n) is 5.10. The SMILES string of the molecule is CC[C@@H](C)/C(N)=C1\CN(C(C)C)CCC1=NC1CCOCC1. The van der Waals surface area contributed by atoms with E-state index in [0.29, 0.717) is 18.0 Å². The van der Waals surface area contributed by atoms with Crippen LogP contribution in [0.2, 0.25) is 0 Å². The van der Waals surface area contributed by atoms with Crippen LogP contribution < -0.4 is 5.73 Å². The van der Waals surface area contributed by atoms with Crippen molar-refractivity contribution >= 4 is 5.71 Å². The lowest BCUT2D eigenvalue weighted by Crippen LogP contribution is -2.42. The zero-order valence-electron chi connectivity index (χ0n) is 14.8. The Bertz CT molecular complexity index is 422. The second-order valence-corrected chi connectivity index (χ2v) is 6.98. The van der Waals surface area contributed by atoms with Crippen molar-refractivity contribution in [2.24, 2.45) is 16.6 Å². The van der Waals surface area contributed by atoms with Gasteiger partial charge < -0.3 is 10.5 Å². The summed E-state index contributed by atoms with van der Waals surface area (Å²) < 4.78 is 5.45. The van der Waals surface area contributed by atoms with Crippen LogP contribution in [0.4, 0.5) is 0 Å². The highest BCUT2D eigenvalue weighted by Gasteiger charge is 2.26. The summed E-state index contributed by atoms with van der Waals surface area (Å²) in [6.45, 7) is 12.7. The van der Waals surface area contributed by atoms with E-state index < -0.39 is 0 Å². The molecular formula is C18H33N3O. The number of allylic oxidation sites excluding steroid dienone is 1. The molecular weight excluding hydrogens is 274 g/mol. The van der Waals surface area contributed by atoms with Gasteiger partial charge in [0.25, 0.3) is 0 Å². The third-order valence-corrected chi connectivity index (χ3v) is 5.10. The molecule has 4 nitrogen and oxygen atoms in total. The van der Waals surface area contributed by atoms with E-state index in [1.807, 2.05) is 0 Å². The monoisotopic (exact) mass is 307 g/mol. The van der Waals surface area contributed by atoms with Gasteiger partial charge in [0.05, 0.1) is 6.04 Å². The normalized spacial score (nSPS) is 27.4. The largest absolute Gasteiger partial charge is 0.402 e. The van der Waals surface area contributed by atoms with Gasteiger partial charge in [-0.25, -0.2) is 0 Å². The Kier molecular flexibility index (Phi) is 6.45. The van der Waals surface area contributed by atoms with Crippen molar-refractivity contribution in [3.05, 3.63) is 11.3 Å². The van der Waals surface area contributed by atoms with E-state index in [9.17, 15) is 0 Å². The van der Waals surface area contributed by atoms with E-state index >= 15 is 0 Å². The predicted molar refractivity (Wildman–Crippen MR) is 93.3 cm³/mol. The quantitative estimate of drug-likeness (QED) is 0.868. The standard InChI is InChI=1S/C18H33N3O/c1-5-14(4)18(19)16-12-21(13(2)3)9-6-17(16)20-15-7-10-22-11-8-15/h13-15H,5-12,19H2,1-4H3/b18-16-,20-17?/t14-/m1/s1. The van der Waals surface area contributed by atoms with Crippen molar-refractivity contribution in [3.63, 3.8) is 0 Å². The van der Waals surface area contributed by atoms with E-state index in [2.05, 4.69) is 32.6 Å². The average Bonchev–Trinajstić information content (AvgIpc) is 2.54. The van der Waals surface area contributed by atoms with E-state index in [-0.39, 0.29) is 0 Å². The average molecular weight is 307 g/mol. The summed E-state index contributed by atoms with van der Waals surface area (Å²) in [6.07, 6.45) is 4.21. The van der Waals surface area contributed by atoms with Gasteiger partial charge in [-0.2, -0.15) is 0 Å². The molecule has 0 aromatic rings. The lowest BCUT2D eigenvalue weighted by Gasteiger charge is -2.35. The number of ether oxygens (including phenoxy) is 1. The second-order valence-electron chi connectivity index (χ2n) is 6.98. The maximum atomic E-state index is 6.51. The van der Waals surface area contributed by atoms with Crippen molar-refractivity contribution in [2.45, 2.75) is 65.5 Å². The maximum absolute atomic E-state index is 6.51. The number of likely N-dealkylation sites (tertiary alicyclic amines) is 1. The van der Waals surface area contributed by atoms with Crippen molar-refractivity contribution in [1.82, 2.24) is 4.90 Å². The van der Waals surface area contributed by atoms with E-state index in [1.54, 1.807) is 0 Å². The molecule has 2 aliphatic heterocycles. The number of hydrogen-bond donors (Lipinski definition) is 1. The molecule has 2 rings (SSSR count). The molecule has 0 aromatic carbocycles. The van der Waals surface area contributed by atoms with Crippen LogP contribution in [0.1, 0.15) is 53.4 Å². The molecule has 0 radical (unpaired) electrons. The van der Waals surface area contributed by atoms with Gasteiger partial charge in [-0.05, 0) is 39.0 Å². The number of aliphatic imine (C=N–C) groups is 1. The first-order chi connectivity index (χ1) is 10.5. The van der Waals surface area contributed by atoms with Crippen LogP contribution in [0.25, 0.3) is 0 Å². The van der Waals surface area contributed by atoms with E-state index in [4.69, 9.17) is 15.5 Å². The van der Waals surface area contributed by atoms with Gasteiger partial charge in [-0.15, -0.1) is 0 Å².